The van der Waals surface area contributed by atoms with Gasteiger partial charge in [-0.15, -0.1) is 0 Å². The third kappa shape index (κ3) is 4.06. The molecule has 1 aromatic carbocycles. The van der Waals surface area contributed by atoms with Crippen molar-refractivity contribution in [2.75, 3.05) is 0 Å². The van der Waals surface area contributed by atoms with Crippen LogP contribution in [-0.4, -0.2) is 19.2 Å². The lowest BCUT2D eigenvalue weighted by atomic mass is 10.1. The molecule has 7 heteroatoms. The maximum Gasteiger partial charge on any atom is 0.798 e. The topological polar surface area (TPSA) is 69.4 Å². The monoisotopic (exact) mass is 239 g/mol. The summed E-state index contributed by atoms with van der Waals surface area (Å²) in [5.74, 6) is -1.99. The third-order valence-corrected chi connectivity index (χ3v) is 1.78. The maximum absolute atomic E-state index is 11.7. The molecule has 0 saturated carbocycles. The molecule has 0 spiro atoms. The number of rotatable bonds is 4. The van der Waals surface area contributed by atoms with E-state index < -0.39 is 24.9 Å². The number of hydrogen-bond donors (Lipinski definition) is 1. The lowest BCUT2D eigenvalue weighted by molar-refractivity contribution is -0.131. The second-order valence-electron chi connectivity index (χ2n) is 3.00. The third-order valence-electron chi connectivity index (χ3n) is 1.78. The summed E-state index contributed by atoms with van der Waals surface area (Å²) in [6.07, 6.45) is 0.750. The van der Waals surface area contributed by atoms with Crippen LogP contribution in [0.15, 0.2) is 42.1 Å². The number of carbonyl (C=O) groups excluding carboxylic acids is 2. The first-order chi connectivity index (χ1) is 8.00. The van der Waals surface area contributed by atoms with Gasteiger partial charge in [-0.1, -0.05) is 30.3 Å². The van der Waals surface area contributed by atoms with Crippen molar-refractivity contribution >= 4 is 19.2 Å². The Balaban J connectivity index is 2.76. The molecule has 0 aliphatic carbocycles. The first kappa shape index (κ1) is 12.9. The molecular formula is C10H8BF2NO3. The van der Waals surface area contributed by atoms with E-state index >= 15 is 0 Å². The Hall–Kier alpha value is -2.18. The minimum Gasteiger partial charge on any atom is -0.473 e. The van der Waals surface area contributed by atoms with Gasteiger partial charge in [0, 0.05) is 11.6 Å². The molecule has 0 unspecified atom stereocenters. The van der Waals surface area contributed by atoms with Gasteiger partial charge in [0.25, 0.3) is 0 Å². The van der Waals surface area contributed by atoms with Crippen molar-refractivity contribution in [3.63, 3.8) is 0 Å². The Morgan fingerprint density at radius 3 is 2.35 bits per heavy atom. The summed E-state index contributed by atoms with van der Waals surface area (Å²) >= 11 is 0. The van der Waals surface area contributed by atoms with Crippen molar-refractivity contribution in [2.24, 2.45) is 5.73 Å². The van der Waals surface area contributed by atoms with Crippen LogP contribution >= 0.6 is 0 Å². The molecule has 0 aromatic heterocycles. The van der Waals surface area contributed by atoms with Crippen LogP contribution in [0.5, 0.6) is 0 Å². The van der Waals surface area contributed by atoms with Crippen LogP contribution in [0.1, 0.15) is 10.4 Å². The highest BCUT2D eigenvalue weighted by atomic mass is 19.2. The van der Waals surface area contributed by atoms with Crippen LogP contribution in [0, 0.1) is 0 Å². The Bertz CT molecular complexity index is 448. The summed E-state index contributed by atoms with van der Waals surface area (Å²) in [6, 6.07) is 7.95. The van der Waals surface area contributed by atoms with Gasteiger partial charge in [-0.3, -0.25) is 4.79 Å². The van der Waals surface area contributed by atoms with Crippen molar-refractivity contribution in [3.8, 4) is 0 Å². The molecule has 1 rings (SSSR count). The van der Waals surface area contributed by atoms with Gasteiger partial charge >= 0.3 is 13.4 Å². The Labute approximate surface area is 96.3 Å². The van der Waals surface area contributed by atoms with E-state index in [1.54, 1.807) is 18.2 Å². The van der Waals surface area contributed by atoms with Gasteiger partial charge < -0.3 is 10.4 Å². The number of halogens is 2. The van der Waals surface area contributed by atoms with E-state index in [9.17, 15) is 18.2 Å². The van der Waals surface area contributed by atoms with Gasteiger partial charge in [-0.2, -0.15) is 0 Å². The second kappa shape index (κ2) is 5.79. The van der Waals surface area contributed by atoms with Crippen LogP contribution in [0.4, 0.5) is 8.63 Å². The van der Waals surface area contributed by atoms with E-state index in [2.05, 4.69) is 4.65 Å². The van der Waals surface area contributed by atoms with Crippen molar-refractivity contribution < 1.29 is 22.9 Å². The molecule has 0 aliphatic heterocycles. The van der Waals surface area contributed by atoms with Gasteiger partial charge in [0.1, 0.15) is 5.70 Å². The molecule has 0 bridgehead atoms. The minimum absolute atomic E-state index is 0.292. The quantitative estimate of drug-likeness (QED) is 0.486. The van der Waals surface area contributed by atoms with E-state index in [4.69, 9.17) is 5.73 Å². The summed E-state index contributed by atoms with van der Waals surface area (Å²) in [4.78, 5) is 22.4. The fraction of sp³-hybridized carbons (Fsp3) is 0. The normalized spacial score (nSPS) is 10.8. The Kier molecular flexibility index (Phi) is 4.39. The van der Waals surface area contributed by atoms with Crippen molar-refractivity contribution in [3.05, 3.63) is 47.7 Å². The van der Waals surface area contributed by atoms with Crippen molar-refractivity contribution in [1.29, 1.82) is 0 Å². The summed E-state index contributed by atoms with van der Waals surface area (Å²) in [5.41, 5.74) is 4.76. The van der Waals surface area contributed by atoms with Gasteiger partial charge in [0.15, 0.2) is 5.78 Å². The molecule has 0 atom stereocenters. The Morgan fingerprint density at radius 2 is 1.82 bits per heavy atom. The van der Waals surface area contributed by atoms with Gasteiger partial charge in [0.2, 0.25) is 0 Å². The van der Waals surface area contributed by atoms with Crippen LogP contribution < -0.4 is 5.73 Å². The summed E-state index contributed by atoms with van der Waals surface area (Å²) in [6.45, 7) is 0. The van der Waals surface area contributed by atoms with Gasteiger partial charge in [-0.05, 0) is 0 Å². The number of benzene rings is 1. The molecular weight excluding hydrogens is 231 g/mol. The fourth-order valence-corrected chi connectivity index (χ4v) is 1.03. The molecule has 0 fully saturated rings. The fourth-order valence-electron chi connectivity index (χ4n) is 1.03. The number of hydrogen-bond acceptors (Lipinski definition) is 4. The highest BCUT2D eigenvalue weighted by molar-refractivity contribution is 6.38. The highest BCUT2D eigenvalue weighted by Crippen LogP contribution is 2.03. The van der Waals surface area contributed by atoms with E-state index in [0.29, 0.717) is 5.56 Å². The largest absolute Gasteiger partial charge is 0.798 e. The molecule has 0 heterocycles. The summed E-state index contributed by atoms with van der Waals surface area (Å²) in [7, 11) is -3.26. The summed E-state index contributed by atoms with van der Waals surface area (Å²) in [5, 5.41) is 0. The zero-order chi connectivity index (χ0) is 12.8. The van der Waals surface area contributed by atoms with E-state index in [1.165, 1.54) is 12.1 Å². The van der Waals surface area contributed by atoms with Gasteiger partial charge in [-0.25, -0.2) is 13.4 Å². The molecule has 0 aliphatic rings. The molecule has 0 radical (unpaired) electrons. The standard InChI is InChI=1S/C10H8BF2NO3/c12-11(13)17-10(16)8(14)6-9(15)7-4-2-1-3-5-7/h1-6H,14H2. The predicted octanol–water partition coefficient (Wildman–Crippen LogP) is 1.18. The second-order valence-corrected chi connectivity index (χ2v) is 3.00. The van der Waals surface area contributed by atoms with Crippen LogP contribution in [0.25, 0.3) is 0 Å². The number of ketones is 1. The molecule has 4 nitrogen and oxygen atoms in total. The molecule has 17 heavy (non-hydrogen) atoms. The van der Waals surface area contributed by atoms with Crippen LogP contribution in [0.3, 0.4) is 0 Å². The molecule has 0 saturated heterocycles. The average molecular weight is 239 g/mol. The van der Waals surface area contributed by atoms with Crippen molar-refractivity contribution in [1.82, 2.24) is 0 Å². The predicted molar refractivity (Wildman–Crippen MR) is 57.1 cm³/mol. The van der Waals surface area contributed by atoms with Crippen LogP contribution in [0.2, 0.25) is 0 Å². The molecule has 2 N–H and O–H groups in total. The highest BCUT2D eigenvalue weighted by Gasteiger charge is 2.23. The first-order valence-electron chi connectivity index (χ1n) is 4.56. The molecule has 88 valence electrons. The van der Waals surface area contributed by atoms with E-state index in [0.717, 1.165) is 6.08 Å². The van der Waals surface area contributed by atoms with Crippen LogP contribution in [-0.2, 0) is 9.45 Å². The average Bonchev–Trinajstić information content (AvgIpc) is 2.29. The lowest BCUT2D eigenvalue weighted by Crippen LogP contribution is -2.21. The SMILES string of the molecule is NC(=CC(=O)c1ccccc1)C(=O)OB(F)F. The number of allylic oxidation sites excluding steroid dienone is 1. The maximum atomic E-state index is 11.7. The van der Waals surface area contributed by atoms with Crippen molar-refractivity contribution in [2.45, 2.75) is 0 Å². The Morgan fingerprint density at radius 1 is 1.24 bits per heavy atom. The van der Waals surface area contributed by atoms with E-state index in [-0.39, 0.29) is 0 Å². The smallest absolute Gasteiger partial charge is 0.473 e. The number of carbonyl (C=O) groups is 2. The zero-order valence-electron chi connectivity index (χ0n) is 8.60. The molecule has 0 amide bonds. The lowest BCUT2D eigenvalue weighted by Gasteiger charge is -2.00. The number of nitrogens with two attached hydrogens (primary N) is 1. The molecule has 1 aromatic rings. The summed E-state index contributed by atoms with van der Waals surface area (Å²) < 4.78 is 26.9. The minimum atomic E-state index is -3.26. The van der Waals surface area contributed by atoms with E-state index in [1.807, 2.05) is 0 Å². The first-order valence-corrected chi connectivity index (χ1v) is 4.56. The zero-order valence-corrected chi connectivity index (χ0v) is 8.60. The van der Waals surface area contributed by atoms with Gasteiger partial charge in [0.05, 0.1) is 0 Å².